The van der Waals surface area contributed by atoms with Crippen molar-refractivity contribution < 1.29 is 14.9 Å². The smallest absolute Gasteiger partial charge is 0.0622 e. The van der Waals surface area contributed by atoms with Gasteiger partial charge >= 0.3 is 0 Å². The van der Waals surface area contributed by atoms with Crippen LogP contribution >= 0.6 is 0 Å². The maximum Gasteiger partial charge on any atom is 0.0622 e. The van der Waals surface area contributed by atoms with Crippen LogP contribution in [0.2, 0.25) is 0 Å². The van der Waals surface area contributed by atoms with Gasteiger partial charge in [0.1, 0.15) is 0 Å². The van der Waals surface area contributed by atoms with Gasteiger partial charge in [-0.15, -0.1) is 0 Å². The topological polar surface area (TPSA) is 49.7 Å². The molecule has 2 N–H and O–H groups in total. The summed E-state index contributed by atoms with van der Waals surface area (Å²) in [6.45, 7) is 11.5. The van der Waals surface area contributed by atoms with Gasteiger partial charge in [-0.1, -0.05) is 20.8 Å². The maximum absolute atomic E-state index is 10.8. The molecular formula is C30H52O3. The van der Waals surface area contributed by atoms with Gasteiger partial charge in [0.15, 0.2) is 0 Å². The molecule has 1 heterocycles. The van der Waals surface area contributed by atoms with Crippen LogP contribution in [0.4, 0.5) is 0 Å². The van der Waals surface area contributed by atoms with Crippen LogP contribution in [-0.4, -0.2) is 35.1 Å². The molecule has 3 nitrogen and oxygen atoms in total. The van der Waals surface area contributed by atoms with Crippen molar-refractivity contribution in [1.82, 2.24) is 0 Å². The van der Waals surface area contributed by atoms with E-state index < -0.39 is 5.60 Å². The van der Waals surface area contributed by atoms with Gasteiger partial charge in [0, 0.05) is 13.2 Å². The molecule has 0 bridgehead atoms. The molecule has 5 aliphatic rings. The molecule has 1 aliphatic heterocycles. The van der Waals surface area contributed by atoms with Gasteiger partial charge in [-0.3, -0.25) is 0 Å². The Morgan fingerprint density at radius 2 is 1.55 bits per heavy atom. The number of aliphatic hydroxyl groups excluding tert-OH is 1. The summed E-state index contributed by atoms with van der Waals surface area (Å²) in [6.07, 6.45) is 15.8. The van der Waals surface area contributed by atoms with E-state index in [-0.39, 0.29) is 6.10 Å². The first-order chi connectivity index (χ1) is 15.6. The monoisotopic (exact) mass is 460 g/mol. The molecule has 10 atom stereocenters. The van der Waals surface area contributed by atoms with Crippen molar-refractivity contribution in [2.75, 3.05) is 13.2 Å². The minimum absolute atomic E-state index is 0.129. The molecule has 0 spiro atoms. The molecular weight excluding hydrogens is 408 g/mol. The van der Waals surface area contributed by atoms with Crippen LogP contribution in [-0.2, 0) is 4.74 Å². The molecule has 33 heavy (non-hydrogen) atoms. The first kappa shape index (κ1) is 24.6. The lowest BCUT2D eigenvalue weighted by atomic mass is 9.43. The highest BCUT2D eigenvalue weighted by atomic mass is 16.5. The number of ether oxygens (including phenoxy) is 1. The predicted octanol–water partition coefficient (Wildman–Crippen LogP) is 6.60. The molecule has 5 rings (SSSR count). The third-order valence-electron chi connectivity index (χ3n) is 12.4. The third kappa shape index (κ3) is 4.35. The van der Waals surface area contributed by atoms with Crippen molar-refractivity contribution in [3.63, 3.8) is 0 Å². The quantitative estimate of drug-likeness (QED) is 0.486. The second-order valence-electron chi connectivity index (χ2n) is 14.2. The van der Waals surface area contributed by atoms with E-state index in [1.165, 1.54) is 51.4 Å². The van der Waals surface area contributed by atoms with E-state index in [1.54, 1.807) is 0 Å². The fraction of sp³-hybridized carbons (Fsp3) is 1.00. The van der Waals surface area contributed by atoms with Gasteiger partial charge in [-0.25, -0.2) is 0 Å². The predicted molar refractivity (Wildman–Crippen MR) is 134 cm³/mol. The lowest BCUT2D eigenvalue weighted by Gasteiger charge is -2.62. The fourth-order valence-electron chi connectivity index (χ4n) is 10.4. The van der Waals surface area contributed by atoms with Crippen LogP contribution in [0.5, 0.6) is 0 Å². The summed E-state index contributed by atoms with van der Waals surface area (Å²) in [5, 5.41) is 21.6. The largest absolute Gasteiger partial charge is 0.393 e. The Kier molecular flexibility index (Phi) is 6.76. The Morgan fingerprint density at radius 3 is 2.30 bits per heavy atom. The molecule has 3 heteroatoms. The lowest BCUT2D eigenvalue weighted by Crippen LogP contribution is -2.55. The Bertz CT molecular complexity index is 684. The van der Waals surface area contributed by atoms with Gasteiger partial charge in [0.25, 0.3) is 0 Å². The molecule has 190 valence electrons. The van der Waals surface area contributed by atoms with Crippen LogP contribution in [0, 0.1) is 52.3 Å². The molecule has 1 saturated heterocycles. The number of fused-ring (bicyclic) bond motifs is 5. The Balaban J connectivity index is 1.23. The minimum atomic E-state index is -0.427. The third-order valence-corrected chi connectivity index (χ3v) is 12.4. The highest BCUT2D eigenvalue weighted by Gasteiger charge is 2.61. The Labute approximate surface area is 203 Å². The molecule has 4 saturated carbocycles. The molecule has 0 aromatic heterocycles. The first-order valence-corrected chi connectivity index (χ1v) is 14.6. The number of hydrogen-bond donors (Lipinski definition) is 2. The van der Waals surface area contributed by atoms with E-state index in [2.05, 4.69) is 27.7 Å². The van der Waals surface area contributed by atoms with Crippen molar-refractivity contribution in [1.29, 1.82) is 0 Å². The van der Waals surface area contributed by atoms with E-state index in [0.717, 1.165) is 80.8 Å². The van der Waals surface area contributed by atoms with Crippen LogP contribution in [0.15, 0.2) is 0 Å². The standard InChI is InChI=1S/C30H52O3/c1-20(5-10-27(31)21-12-17-33-18-13-21)24-8-9-25-23-7-6-22-19-28(2,32)15-16-29(22,3)26(23)11-14-30(24,25)4/h20-27,31-32H,5-19H2,1-4H3/t20-,22+,23+,24-,25+,26+,27?,28+,29+,30-/m1/s1. The minimum Gasteiger partial charge on any atom is -0.393 e. The van der Waals surface area contributed by atoms with Crippen molar-refractivity contribution in [2.45, 2.75) is 123 Å². The SMILES string of the molecule is C[C@H](CCC(O)C1CCOCC1)[C@H]1CC[C@H]2[C@@H]3CC[C@H]4C[C@@](C)(O)CC[C@]4(C)[C@H]3CC[C@]12C. The zero-order valence-corrected chi connectivity index (χ0v) is 22.0. The normalized spacial score (nSPS) is 50.2. The van der Waals surface area contributed by atoms with E-state index in [1.807, 2.05) is 0 Å². The van der Waals surface area contributed by atoms with Crippen molar-refractivity contribution in [3.05, 3.63) is 0 Å². The average molecular weight is 461 g/mol. The Hall–Kier alpha value is -0.120. The molecule has 1 unspecified atom stereocenters. The lowest BCUT2D eigenvalue weighted by molar-refractivity contribution is -0.148. The van der Waals surface area contributed by atoms with Gasteiger partial charge < -0.3 is 14.9 Å². The van der Waals surface area contributed by atoms with E-state index in [4.69, 9.17) is 4.74 Å². The second kappa shape index (κ2) is 9.07. The van der Waals surface area contributed by atoms with Gasteiger partial charge in [-0.2, -0.15) is 0 Å². The summed E-state index contributed by atoms with van der Waals surface area (Å²) in [6, 6.07) is 0. The second-order valence-corrected chi connectivity index (χ2v) is 14.2. The molecule has 5 fully saturated rings. The summed E-state index contributed by atoms with van der Waals surface area (Å²) in [5.74, 6) is 5.46. The highest BCUT2D eigenvalue weighted by Crippen LogP contribution is 2.68. The van der Waals surface area contributed by atoms with Gasteiger partial charge in [0.2, 0.25) is 0 Å². The van der Waals surface area contributed by atoms with Crippen LogP contribution < -0.4 is 0 Å². The zero-order valence-electron chi connectivity index (χ0n) is 22.0. The molecule has 0 radical (unpaired) electrons. The van der Waals surface area contributed by atoms with Crippen molar-refractivity contribution in [3.8, 4) is 0 Å². The Morgan fingerprint density at radius 1 is 0.818 bits per heavy atom. The number of aliphatic hydroxyl groups is 2. The average Bonchev–Trinajstić information content (AvgIpc) is 3.15. The number of rotatable bonds is 5. The summed E-state index contributed by atoms with van der Waals surface area (Å²) in [4.78, 5) is 0. The fourth-order valence-corrected chi connectivity index (χ4v) is 10.4. The van der Waals surface area contributed by atoms with Crippen molar-refractivity contribution in [2.24, 2.45) is 52.3 Å². The zero-order chi connectivity index (χ0) is 23.4. The maximum atomic E-state index is 10.8. The molecule has 0 amide bonds. The summed E-state index contributed by atoms with van der Waals surface area (Å²) >= 11 is 0. The molecule has 0 aromatic carbocycles. The summed E-state index contributed by atoms with van der Waals surface area (Å²) in [7, 11) is 0. The van der Waals surface area contributed by atoms with Gasteiger partial charge in [-0.05, 0) is 143 Å². The first-order valence-electron chi connectivity index (χ1n) is 14.6. The molecule has 4 aliphatic carbocycles. The van der Waals surface area contributed by atoms with Crippen LogP contribution in [0.25, 0.3) is 0 Å². The molecule has 0 aromatic rings. The van der Waals surface area contributed by atoms with E-state index in [0.29, 0.717) is 16.7 Å². The summed E-state index contributed by atoms with van der Waals surface area (Å²) in [5.41, 5.74) is 0.543. The van der Waals surface area contributed by atoms with Crippen LogP contribution in [0.1, 0.15) is 111 Å². The van der Waals surface area contributed by atoms with Gasteiger partial charge in [0.05, 0.1) is 11.7 Å². The highest BCUT2D eigenvalue weighted by molar-refractivity contribution is 5.10. The van der Waals surface area contributed by atoms with Crippen molar-refractivity contribution >= 4 is 0 Å². The number of hydrogen-bond acceptors (Lipinski definition) is 3. The van der Waals surface area contributed by atoms with E-state index >= 15 is 0 Å². The van der Waals surface area contributed by atoms with E-state index in [9.17, 15) is 10.2 Å². The summed E-state index contributed by atoms with van der Waals surface area (Å²) < 4.78 is 5.50. The van der Waals surface area contributed by atoms with Crippen LogP contribution in [0.3, 0.4) is 0 Å².